The normalized spacial score (nSPS) is 26.9. The SMILES string of the molecule is O=CO[C@@H]1C[C@H](C(=O)O)N(C=O)C1. The number of likely N-dealkylation sites (tertiary alicyclic amines) is 1. The molecule has 13 heavy (non-hydrogen) atoms. The van der Waals surface area contributed by atoms with Crippen LogP contribution in [0.4, 0.5) is 0 Å². The third kappa shape index (κ3) is 1.95. The summed E-state index contributed by atoms with van der Waals surface area (Å²) in [7, 11) is 0. The molecule has 0 radical (unpaired) electrons. The first-order valence-electron chi connectivity index (χ1n) is 3.72. The van der Waals surface area contributed by atoms with Crippen LogP contribution in [-0.2, 0) is 19.1 Å². The maximum Gasteiger partial charge on any atom is 0.326 e. The molecule has 0 aromatic carbocycles. The van der Waals surface area contributed by atoms with Crippen molar-refractivity contribution in [1.82, 2.24) is 4.90 Å². The average molecular weight is 187 g/mol. The zero-order valence-electron chi connectivity index (χ0n) is 6.75. The fourth-order valence-corrected chi connectivity index (χ4v) is 1.36. The monoisotopic (exact) mass is 187 g/mol. The number of carbonyl (C=O) groups is 3. The van der Waals surface area contributed by atoms with Gasteiger partial charge in [0.05, 0.1) is 6.54 Å². The molecule has 1 heterocycles. The van der Waals surface area contributed by atoms with Crippen molar-refractivity contribution in [3.05, 3.63) is 0 Å². The number of hydrogen-bond acceptors (Lipinski definition) is 4. The second kappa shape index (κ2) is 3.88. The number of carbonyl (C=O) groups excluding carboxylic acids is 2. The number of nitrogens with zero attached hydrogens (tertiary/aromatic N) is 1. The third-order valence-corrected chi connectivity index (χ3v) is 1.97. The van der Waals surface area contributed by atoms with Gasteiger partial charge in [-0.05, 0) is 0 Å². The fraction of sp³-hybridized carbons (Fsp3) is 0.571. The minimum atomic E-state index is -1.08. The molecule has 0 spiro atoms. The Hall–Kier alpha value is -1.59. The van der Waals surface area contributed by atoms with E-state index in [0.717, 1.165) is 4.90 Å². The van der Waals surface area contributed by atoms with E-state index >= 15 is 0 Å². The Kier molecular flexibility index (Phi) is 2.84. The van der Waals surface area contributed by atoms with Crippen LogP contribution in [0.25, 0.3) is 0 Å². The lowest BCUT2D eigenvalue weighted by Crippen LogP contribution is -2.34. The van der Waals surface area contributed by atoms with Crippen LogP contribution in [0, 0.1) is 0 Å². The maximum absolute atomic E-state index is 10.6. The third-order valence-electron chi connectivity index (χ3n) is 1.97. The summed E-state index contributed by atoms with van der Waals surface area (Å²) in [6, 6.07) is -0.873. The molecule has 0 bridgehead atoms. The Bertz CT molecular complexity index is 229. The molecule has 6 heteroatoms. The molecule has 1 N–H and O–H groups in total. The maximum atomic E-state index is 10.6. The van der Waals surface area contributed by atoms with E-state index in [4.69, 9.17) is 5.11 Å². The van der Waals surface area contributed by atoms with E-state index in [9.17, 15) is 14.4 Å². The van der Waals surface area contributed by atoms with E-state index in [1.165, 1.54) is 0 Å². The second-order valence-corrected chi connectivity index (χ2v) is 2.75. The Morgan fingerprint density at radius 1 is 1.54 bits per heavy atom. The number of rotatable bonds is 4. The molecular weight excluding hydrogens is 178 g/mol. The van der Waals surface area contributed by atoms with Crippen LogP contribution >= 0.6 is 0 Å². The summed E-state index contributed by atoms with van der Waals surface area (Å²) in [6.45, 7) is 0.414. The first-order valence-corrected chi connectivity index (χ1v) is 3.72. The van der Waals surface area contributed by atoms with Gasteiger partial charge in [-0.25, -0.2) is 4.79 Å². The standard InChI is InChI=1S/C7H9NO5/c9-3-8-2-5(13-4-10)1-6(8)7(11)12/h3-6H,1-2H2,(H,11,12)/t5-,6-/m1/s1. The van der Waals surface area contributed by atoms with Crippen molar-refractivity contribution in [3.63, 3.8) is 0 Å². The van der Waals surface area contributed by atoms with E-state index in [0.29, 0.717) is 6.41 Å². The summed E-state index contributed by atoms with van der Waals surface area (Å²) in [5.41, 5.74) is 0. The number of carboxylic acid groups (broad SMARTS) is 1. The Balaban J connectivity index is 2.60. The van der Waals surface area contributed by atoms with Crippen LogP contribution in [0.2, 0.25) is 0 Å². The number of amides is 1. The highest BCUT2D eigenvalue weighted by Crippen LogP contribution is 2.18. The number of hydrogen-bond donors (Lipinski definition) is 1. The molecule has 1 aliphatic rings. The first-order chi connectivity index (χ1) is 6.19. The van der Waals surface area contributed by atoms with Crippen LogP contribution in [0.3, 0.4) is 0 Å². The molecule has 0 saturated carbocycles. The van der Waals surface area contributed by atoms with Crippen molar-refractivity contribution >= 4 is 18.9 Å². The van der Waals surface area contributed by atoms with Crippen molar-refractivity contribution in [2.75, 3.05) is 6.54 Å². The molecule has 0 aliphatic carbocycles. The summed E-state index contributed by atoms with van der Waals surface area (Å²) in [5, 5.41) is 8.66. The van der Waals surface area contributed by atoms with Crippen LogP contribution in [-0.4, -0.2) is 47.5 Å². The Morgan fingerprint density at radius 3 is 2.62 bits per heavy atom. The summed E-state index contributed by atoms with van der Waals surface area (Å²) >= 11 is 0. The number of carboxylic acids is 1. The van der Waals surface area contributed by atoms with Crippen molar-refractivity contribution in [2.24, 2.45) is 0 Å². The lowest BCUT2D eigenvalue weighted by molar-refractivity contribution is -0.144. The highest BCUT2D eigenvalue weighted by molar-refractivity contribution is 5.77. The summed E-state index contributed by atoms with van der Waals surface area (Å²) in [4.78, 5) is 32.0. The topological polar surface area (TPSA) is 83.9 Å². The zero-order valence-corrected chi connectivity index (χ0v) is 6.75. The minimum absolute atomic E-state index is 0.152. The highest BCUT2D eigenvalue weighted by Gasteiger charge is 2.36. The van der Waals surface area contributed by atoms with Gasteiger partial charge in [-0.15, -0.1) is 0 Å². The van der Waals surface area contributed by atoms with Gasteiger partial charge in [0.2, 0.25) is 6.41 Å². The lowest BCUT2D eigenvalue weighted by Gasteiger charge is -2.13. The molecule has 1 amide bonds. The van der Waals surface area contributed by atoms with Gasteiger partial charge in [0, 0.05) is 6.42 Å². The molecule has 1 rings (SSSR count). The molecule has 0 unspecified atom stereocenters. The van der Waals surface area contributed by atoms with Gasteiger partial charge in [0.1, 0.15) is 12.1 Å². The molecule has 0 aromatic heterocycles. The molecule has 1 fully saturated rings. The van der Waals surface area contributed by atoms with E-state index in [1.807, 2.05) is 0 Å². The van der Waals surface area contributed by atoms with Gasteiger partial charge in [-0.3, -0.25) is 9.59 Å². The van der Waals surface area contributed by atoms with E-state index in [-0.39, 0.29) is 19.4 Å². The number of ether oxygens (including phenoxy) is 1. The van der Waals surface area contributed by atoms with Gasteiger partial charge in [-0.1, -0.05) is 0 Å². The van der Waals surface area contributed by atoms with Gasteiger partial charge in [-0.2, -0.15) is 0 Å². The number of aliphatic carboxylic acids is 1. The molecule has 0 aromatic rings. The molecule has 6 nitrogen and oxygen atoms in total. The van der Waals surface area contributed by atoms with Gasteiger partial charge < -0.3 is 14.7 Å². The largest absolute Gasteiger partial charge is 0.480 e. The van der Waals surface area contributed by atoms with Crippen LogP contribution in [0.15, 0.2) is 0 Å². The molecule has 2 atom stereocenters. The quantitative estimate of drug-likeness (QED) is 0.561. The average Bonchev–Trinajstić information content (AvgIpc) is 2.48. The van der Waals surface area contributed by atoms with E-state index in [2.05, 4.69) is 4.74 Å². The summed E-state index contributed by atoms with van der Waals surface area (Å²) < 4.78 is 4.57. The highest BCUT2D eigenvalue weighted by atomic mass is 16.5. The van der Waals surface area contributed by atoms with E-state index < -0.39 is 18.1 Å². The summed E-state index contributed by atoms with van der Waals surface area (Å²) in [5.74, 6) is -1.08. The fourth-order valence-electron chi connectivity index (χ4n) is 1.36. The first kappa shape index (κ1) is 9.50. The molecular formula is C7H9NO5. The zero-order chi connectivity index (χ0) is 9.84. The van der Waals surface area contributed by atoms with Gasteiger partial charge in [0.25, 0.3) is 6.47 Å². The predicted octanol–water partition coefficient (Wildman–Crippen LogP) is -1.16. The lowest BCUT2D eigenvalue weighted by atomic mass is 10.2. The smallest absolute Gasteiger partial charge is 0.326 e. The van der Waals surface area contributed by atoms with Crippen LogP contribution < -0.4 is 0 Å². The van der Waals surface area contributed by atoms with Crippen molar-refractivity contribution in [1.29, 1.82) is 0 Å². The predicted molar refractivity (Wildman–Crippen MR) is 39.7 cm³/mol. The minimum Gasteiger partial charge on any atom is -0.480 e. The second-order valence-electron chi connectivity index (χ2n) is 2.75. The Morgan fingerprint density at radius 2 is 2.23 bits per heavy atom. The van der Waals surface area contributed by atoms with Gasteiger partial charge in [0.15, 0.2) is 0 Å². The van der Waals surface area contributed by atoms with Crippen molar-refractivity contribution < 1.29 is 24.2 Å². The van der Waals surface area contributed by atoms with E-state index in [1.54, 1.807) is 0 Å². The summed E-state index contributed by atoms with van der Waals surface area (Å²) in [6.07, 6.45) is 0.114. The Labute approximate surface area is 74.1 Å². The van der Waals surface area contributed by atoms with Crippen LogP contribution in [0.1, 0.15) is 6.42 Å². The van der Waals surface area contributed by atoms with Crippen LogP contribution in [0.5, 0.6) is 0 Å². The molecule has 1 saturated heterocycles. The molecule has 1 aliphatic heterocycles. The van der Waals surface area contributed by atoms with Crippen molar-refractivity contribution in [2.45, 2.75) is 18.6 Å². The van der Waals surface area contributed by atoms with Gasteiger partial charge >= 0.3 is 5.97 Å². The van der Waals surface area contributed by atoms with Crippen molar-refractivity contribution in [3.8, 4) is 0 Å². The molecule has 72 valence electrons.